The van der Waals surface area contributed by atoms with Gasteiger partial charge in [-0.3, -0.25) is 9.59 Å². The number of carbonyl (C=O) groups is 2. The Labute approximate surface area is 175 Å². The average Bonchev–Trinajstić information content (AvgIpc) is 2.73. The summed E-state index contributed by atoms with van der Waals surface area (Å²) in [4.78, 5) is 23.7. The molecule has 0 saturated carbocycles. The van der Waals surface area contributed by atoms with Crippen molar-refractivity contribution in [2.45, 2.75) is 31.2 Å². The first-order valence-electron chi connectivity index (χ1n) is 9.65. The highest BCUT2D eigenvalue weighted by atomic mass is 32.2. The molecule has 1 aliphatic heterocycles. The second kappa shape index (κ2) is 9.36. The van der Waals surface area contributed by atoms with Crippen LogP contribution in [0.2, 0.25) is 0 Å². The van der Waals surface area contributed by atoms with Crippen LogP contribution in [0.3, 0.4) is 0 Å². The summed E-state index contributed by atoms with van der Waals surface area (Å²) in [5.74, 6) is -1.32. The van der Waals surface area contributed by atoms with Gasteiger partial charge in [-0.1, -0.05) is 12.1 Å². The molecule has 1 fully saturated rings. The molecule has 0 aliphatic carbocycles. The number of sulfonamides is 1. The fraction of sp³-hybridized carbons (Fsp3) is 0.333. The van der Waals surface area contributed by atoms with Crippen LogP contribution in [-0.2, 0) is 26.2 Å². The topological polar surface area (TPSA) is 95.6 Å². The third kappa shape index (κ3) is 5.43. The summed E-state index contributed by atoms with van der Waals surface area (Å²) in [5, 5.41) is 5.53. The Hall–Kier alpha value is -2.78. The van der Waals surface area contributed by atoms with Crippen molar-refractivity contribution in [3.8, 4) is 0 Å². The van der Waals surface area contributed by atoms with Gasteiger partial charge in [-0.2, -0.15) is 4.31 Å². The molecular formula is C21H24FN3O4S. The van der Waals surface area contributed by atoms with Gasteiger partial charge in [-0.05, 0) is 54.8 Å². The molecule has 0 radical (unpaired) electrons. The Bertz CT molecular complexity index is 1010. The molecule has 1 saturated heterocycles. The average molecular weight is 434 g/mol. The van der Waals surface area contributed by atoms with E-state index in [1.807, 2.05) is 0 Å². The summed E-state index contributed by atoms with van der Waals surface area (Å²) in [5.41, 5.74) is 1.54. The van der Waals surface area contributed by atoms with Crippen LogP contribution >= 0.6 is 0 Å². The quantitative estimate of drug-likeness (QED) is 0.732. The van der Waals surface area contributed by atoms with E-state index in [-0.39, 0.29) is 23.3 Å². The van der Waals surface area contributed by atoms with Crippen LogP contribution in [0.5, 0.6) is 0 Å². The normalized spacial score (nSPS) is 17.3. The smallest absolute Gasteiger partial charge is 0.243 e. The molecule has 30 heavy (non-hydrogen) atoms. The summed E-state index contributed by atoms with van der Waals surface area (Å²) >= 11 is 0. The van der Waals surface area contributed by atoms with E-state index < -0.39 is 21.8 Å². The molecule has 1 atom stereocenters. The molecule has 0 spiro atoms. The highest BCUT2D eigenvalue weighted by molar-refractivity contribution is 7.89. The van der Waals surface area contributed by atoms with Crippen molar-refractivity contribution in [3.63, 3.8) is 0 Å². The van der Waals surface area contributed by atoms with Crippen LogP contribution in [0.25, 0.3) is 0 Å². The first-order chi connectivity index (χ1) is 14.3. The fourth-order valence-corrected chi connectivity index (χ4v) is 4.90. The molecule has 0 unspecified atom stereocenters. The van der Waals surface area contributed by atoms with Crippen LogP contribution in [0.1, 0.15) is 25.3 Å². The van der Waals surface area contributed by atoms with Gasteiger partial charge in [0.1, 0.15) is 5.82 Å². The van der Waals surface area contributed by atoms with Crippen LogP contribution in [0.15, 0.2) is 53.4 Å². The van der Waals surface area contributed by atoms with Crippen molar-refractivity contribution in [1.29, 1.82) is 0 Å². The van der Waals surface area contributed by atoms with Crippen molar-refractivity contribution in [1.82, 2.24) is 9.62 Å². The van der Waals surface area contributed by atoms with Gasteiger partial charge in [0, 0.05) is 32.2 Å². The van der Waals surface area contributed by atoms with Crippen molar-refractivity contribution in [2.24, 2.45) is 5.92 Å². The van der Waals surface area contributed by atoms with Gasteiger partial charge in [0.15, 0.2) is 0 Å². The van der Waals surface area contributed by atoms with E-state index in [1.165, 1.54) is 23.4 Å². The molecule has 2 aromatic carbocycles. The SMILES string of the molecule is CC(=O)Nc1ccc(CNC(=O)[C@H]2CCCN(S(=O)(=O)c3ccc(F)cc3)C2)cc1. The fourth-order valence-electron chi connectivity index (χ4n) is 3.37. The predicted octanol–water partition coefficient (Wildman–Crippen LogP) is 2.50. The van der Waals surface area contributed by atoms with Gasteiger partial charge in [-0.15, -0.1) is 0 Å². The molecule has 2 N–H and O–H groups in total. The number of hydrogen-bond acceptors (Lipinski definition) is 4. The second-order valence-electron chi connectivity index (χ2n) is 7.25. The predicted molar refractivity (Wildman–Crippen MR) is 110 cm³/mol. The van der Waals surface area contributed by atoms with E-state index in [0.717, 1.165) is 17.7 Å². The summed E-state index contributed by atoms with van der Waals surface area (Å²) in [6.07, 6.45) is 1.17. The number of carbonyl (C=O) groups excluding carboxylic acids is 2. The maximum Gasteiger partial charge on any atom is 0.243 e. The Morgan fingerprint density at radius 1 is 1.10 bits per heavy atom. The molecule has 9 heteroatoms. The molecule has 2 amide bonds. The molecule has 1 aliphatic rings. The summed E-state index contributed by atoms with van der Waals surface area (Å²) in [6, 6.07) is 11.8. The highest BCUT2D eigenvalue weighted by Crippen LogP contribution is 2.24. The third-order valence-corrected chi connectivity index (χ3v) is 6.83. The Morgan fingerprint density at radius 3 is 2.40 bits per heavy atom. The number of halogens is 1. The zero-order valence-electron chi connectivity index (χ0n) is 16.6. The lowest BCUT2D eigenvalue weighted by Gasteiger charge is -2.31. The Kier molecular flexibility index (Phi) is 6.84. The lowest BCUT2D eigenvalue weighted by molar-refractivity contribution is -0.126. The second-order valence-corrected chi connectivity index (χ2v) is 9.19. The molecule has 2 aromatic rings. The van der Waals surface area contributed by atoms with Gasteiger partial charge in [0.2, 0.25) is 21.8 Å². The molecule has 1 heterocycles. The van der Waals surface area contributed by atoms with Crippen LogP contribution in [-0.4, -0.2) is 37.6 Å². The highest BCUT2D eigenvalue weighted by Gasteiger charge is 2.33. The summed E-state index contributed by atoms with van der Waals surface area (Å²) in [6.45, 7) is 2.15. The Balaban J connectivity index is 1.59. The van der Waals surface area contributed by atoms with Crippen LogP contribution < -0.4 is 10.6 Å². The number of nitrogens with one attached hydrogen (secondary N) is 2. The monoisotopic (exact) mass is 433 g/mol. The number of nitrogens with zero attached hydrogens (tertiary/aromatic N) is 1. The summed E-state index contributed by atoms with van der Waals surface area (Å²) in [7, 11) is -3.77. The number of amides is 2. The number of piperidine rings is 1. The third-order valence-electron chi connectivity index (χ3n) is 4.95. The lowest BCUT2D eigenvalue weighted by Crippen LogP contribution is -2.45. The molecule has 0 bridgehead atoms. The van der Waals surface area contributed by atoms with Gasteiger partial charge < -0.3 is 10.6 Å². The Morgan fingerprint density at radius 2 is 1.77 bits per heavy atom. The maximum atomic E-state index is 13.1. The van der Waals surface area contributed by atoms with Crippen molar-refractivity contribution < 1.29 is 22.4 Å². The van der Waals surface area contributed by atoms with E-state index in [2.05, 4.69) is 10.6 Å². The van der Waals surface area contributed by atoms with E-state index in [1.54, 1.807) is 24.3 Å². The van der Waals surface area contributed by atoms with Crippen LogP contribution in [0, 0.1) is 11.7 Å². The first kappa shape index (κ1) is 21.9. The molecule has 160 valence electrons. The van der Waals surface area contributed by atoms with E-state index in [0.29, 0.717) is 31.6 Å². The van der Waals surface area contributed by atoms with Crippen molar-refractivity contribution in [3.05, 3.63) is 59.9 Å². The van der Waals surface area contributed by atoms with Crippen LogP contribution in [0.4, 0.5) is 10.1 Å². The molecular weight excluding hydrogens is 409 g/mol. The van der Waals surface area contributed by atoms with Crippen molar-refractivity contribution >= 4 is 27.5 Å². The minimum Gasteiger partial charge on any atom is -0.352 e. The van der Waals surface area contributed by atoms with E-state index >= 15 is 0 Å². The largest absolute Gasteiger partial charge is 0.352 e. The molecule has 7 nitrogen and oxygen atoms in total. The summed E-state index contributed by atoms with van der Waals surface area (Å²) < 4.78 is 40.0. The minimum atomic E-state index is -3.77. The van der Waals surface area contributed by atoms with Gasteiger partial charge >= 0.3 is 0 Å². The number of benzene rings is 2. The van der Waals surface area contributed by atoms with Gasteiger partial charge in [-0.25, -0.2) is 12.8 Å². The first-order valence-corrected chi connectivity index (χ1v) is 11.1. The maximum absolute atomic E-state index is 13.1. The zero-order chi connectivity index (χ0) is 21.7. The lowest BCUT2D eigenvalue weighted by atomic mass is 9.99. The van der Waals surface area contributed by atoms with E-state index in [9.17, 15) is 22.4 Å². The zero-order valence-corrected chi connectivity index (χ0v) is 17.4. The van der Waals surface area contributed by atoms with Gasteiger partial charge in [0.05, 0.1) is 10.8 Å². The standard InChI is InChI=1S/C21H24FN3O4S/c1-15(26)24-19-8-4-16(5-9-19)13-23-21(27)17-3-2-12-25(14-17)30(28,29)20-10-6-18(22)7-11-20/h4-11,17H,2-3,12-14H2,1H3,(H,23,27)(H,24,26)/t17-/m0/s1. The van der Waals surface area contributed by atoms with Gasteiger partial charge in [0.25, 0.3) is 0 Å². The number of rotatable bonds is 6. The van der Waals surface area contributed by atoms with Crippen molar-refractivity contribution in [2.75, 3.05) is 18.4 Å². The number of anilines is 1. The molecule has 3 rings (SSSR count). The minimum absolute atomic E-state index is 0.0178. The van der Waals surface area contributed by atoms with E-state index in [4.69, 9.17) is 0 Å². The molecule has 0 aromatic heterocycles. The number of hydrogen-bond donors (Lipinski definition) is 2.